The number of halogens is 1. The summed E-state index contributed by atoms with van der Waals surface area (Å²) in [6.07, 6.45) is -0.609. The lowest BCUT2D eigenvalue weighted by molar-refractivity contribution is 0.167. The Balaban J connectivity index is 1.86. The predicted octanol–water partition coefficient (Wildman–Crippen LogP) is 3.48. The average molecular weight is 381 g/mol. The second-order valence-corrected chi connectivity index (χ2v) is 6.21. The summed E-state index contributed by atoms with van der Waals surface area (Å²) in [6.45, 7) is 3.82. The van der Waals surface area contributed by atoms with Crippen LogP contribution in [0.3, 0.4) is 0 Å². The highest BCUT2D eigenvalue weighted by Crippen LogP contribution is 2.30. The van der Waals surface area contributed by atoms with Crippen LogP contribution in [0.2, 0.25) is 0 Å². The predicted molar refractivity (Wildman–Crippen MR) is 103 cm³/mol. The third-order valence-corrected chi connectivity index (χ3v) is 4.33. The summed E-state index contributed by atoms with van der Waals surface area (Å²) in [4.78, 5) is 30.9. The minimum atomic E-state index is -0.609. The number of rotatable bonds is 3. The summed E-state index contributed by atoms with van der Waals surface area (Å²) >= 11 is 0. The van der Waals surface area contributed by atoms with Crippen LogP contribution in [0.5, 0.6) is 0 Å². The number of nitrogens with zero attached hydrogens (tertiary/aromatic N) is 2. The van der Waals surface area contributed by atoms with E-state index >= 15 is 0 Å². The number of hydrogen-bond acceptors (Lipinski definition) is 5. The Kier molecular flexibility index (Phi) is 4.26. The van der Waals surface area contributed by atoms with Gasteiger partial charge in [-0.05, 0) is 49.7 Å². The summed E-state index contributed by atoms with van der Waals surface area (Å²) < 4.78 is 18.6. The van der Waals surface area contributed by atoms with Crippen molar-refractivity contribution in [1.29, 1.82) is 0 Å². The number of fused-ring (bicyclic) bond motifs is 2. The third kappa shape index (κ3) is 3.07. The largest absolute Gasteiger partial charge is 0.450 e. The fraction of sp³-hybridized carbons (Fsp3) is 0.158. The van der Waals surface area contributed by atoms with Gasteiger partial charge in [-0.15, -0.1) is 0 Å². The van der Waals surface area contributed by atoms with Gasteiger partial charge in [0.2, 0.25) is 5.95 Å². The number of nitrogens with one attached hydrogen (secondary N) is 3. The van der Waals surface area contributed by atoms with Gasteiger partial charge in [-0.1, -0.05) is 0 Å². The van der Waals surface area contributed by atoms with E-state index in [-0.39, 0.29) is 12.6 Å². The van der Waals surface area contributed by atoms with Crippen molar-refractivity contribution in [2.45, 2.75) is 13.8 Å². The van der Waals surface area contributed by atoms with E-state index in [0.717, 1.165) is 5.56 Å². The number of aryl methyl sites for hydroxylation is 1. The zero-order valence-corrected chi connectivity index (χ0v) is 15.1. The summed E-state index contributed by atoms with van der Waals surface area (Å²) in [7, 11) is 0. The van der Waals surface area contributed by atoms with E-state index in [1.807, 2.05) is 13.0 Å². The maximum atomic E-state index is 13.8. The maximum absolute atomic E-state index is 13.8. The number of amides is 1. The van der Waals surface area contributed by atoms with Crippen molar-refractivity contribution < 1.29 is 13.9 Å². The molecular weight excluding hydrogens is 365 g/mol. The molecule has 0 radical (unpaired) electrons. The van der Waals surface area contributed by atoms with E-state index in [9.17, 15) is 14.0 Å². The first-order chi connectivity index (χ1) is 13.5. The molecule has 142 valence electrons. The molecule has 0 saturated heterocycles. The van der Waals surface area contributed by atoms with Gasteiger partial charge in [0.25, 0.3) is 5.56 Å². The molecule has 0 unspecified atom stereocenters. The van der Waals surface area contributed by atoms with Crippen molar-refractivity contribution in [2.75, 3.05) is 11.9 Å². The number of carbonyl (C=O) groups excluding carboxylic acids is 1. The number of ether oxygens (including phenoxy) is 1. The lowest BCUT2D eigenvalue weighted by Gasteiger charge is -2.08. The Morgan fingerprint density at radius 2 is 2.07 bits per heavy atom. The molecule has 0 bridgehead atoms. The molecule has 0 spiro atoms. The lowest BCUT2D eigenvalue weighted by atomic mass is 10.00. The van der Waals surface area contributed by atoms with Crippen LogP contribution in [0.1, 0.15) is 12.5 Å². The molecular formula is C19H16FN5O3. The van der Waals surface area contributed by atoms with Gasteiger partial charge in [0.15, 0.2) is 0 Å². The molecule has 1 amide bonds. The summed E-state index contributed by atoms with van der Waals surface area (Å²) in [5, 5.41) is 9.85. The molecule has 4 rings (SSSR count). The highest BCUT2D eigenvalue weighted by molar-refractivity contribution is 5.97. The second-order valence-electron chi connectivity index (χ2n) is 6.21. The van der Waals surface area contributed by atoms with Gasteiger partial charge < -0.3 is 9.72 Å². The molecule has 0 fully saturated rings. The molecule has 0 aliphatic heterocycles. The van der Waals surface area contributed by atoms with Gasteiger partial charge in [0, 0.05) is 10.9 Å². The van der Waals surface area contributed by atoms with Crippen molar-refractivity contribution in [3.63, 3.8) is 0 Å². The number of aromatic amines is 2. The van der Waals surface area contributed by atoms with Crippen LogP contribution in [-0.4, -0.2) is 32.9 Å². The van der Waals surface area contributed by atoms with Crippen LogP contribution in [-0.2, 0) is 4.74 Å². The van der Waals surface area contributed by atoms with Crippen LogP contribution in [0.25, 0.3) is 33.1 Å². The van der Waals surface area contributed by atoms with Gasteiger partial charge in [-0.2, -0.15) is 5.10 Å². The molecule has 8 nitrogen and oxygen atoms in total. The zero-order chi connectivity index (χ0) is 19.8. The summed E-state index contributed by atoms with van der Waals surface area (Å²) in [5.74, 6) is -0.212. The Hall–Kier alpha value is -3.75. The van der Waals surface area contributed by atoms with Crippen molar-refractivity contribution in [3.05, 3.63) is 52.1 Å². The highest BCUT2D eigenvalue weighted by Gasteiger charge is 2.15. The van der Waals surface area contributed by atoms with Gasteiger partial charge in [0.05, 0.1) is 28.7 Å². The molecule has 9 heteroatoms. The van der Waals surface area contributed by atoms with Crippen LogP contribution >= 0.6 is 0 Å². The molecule has 2 aromatic carbocycles. The van der Waals surface area contributed by atoms with Crippen molar-refractivity contribution in [1.82, 2.24) is 20.2 Å². The SMILES string of the molecule is CCOC(=O)Nc1nc2cc(-c3n[nH]c(=O)c4ccc(F)cc34)c(C)cc2[nH]1. The molecule has 28 heavy (non-hydrogen) atoms. The third-order valence-electron chi connectivity index (χ3n) is 4.33. The quantitative estimate of drug-likeness (QED) is 0.503. The highest BCUT2D eigenvalue weighted by atomic mass is 19.1. The number of H-pyrrole nitrogens is 2. The Labute approximate surface area is 157 Å². The van der Waals surface area contributed by atoms with E-state index in [4.69, 9.17) is 4.74 Å². The number of imidazole rings is 1. The molecule has 0 aliphatic rings. The summed E-state index contributed by atoms with van der Waals surface area (Å²) in [6, 6.07) is 7.56. The molecule has 0 aliphatic carbocycles. The first-order valence-electron chi connectivity index (χ1n) is 8.58. The van der Waals surface area contributed by atoms with Crippen LogP contribution < -0.4 is 10.9 Å². The van der Waals surface area contributed by atoms with Gasteiger partial charge in [-0.25, -0.2) is 19.3 Å². The van der Waals surface area contributed by atoms with Crippen LogP contribution in [0, 0.1) is 12.7 Å². The van der Waals surface area contributed by atoms with Crippen molar-refractivity contribution >= 4 is 33.8 Å². The van der Waals surface area contributed by atoms with Gasteiger partial charge in [0.1, 0.15) is 5.82 Å². The number of hydrogen-bond donors (Lipinski definition) is 3. The zero-order valence-electron chi connectivity index (χ0n) is 15.1. The number of aromatic nitrogens is 4. The van der Waals surface area contributed by atoms with E-state index < -0.39 is 17.5 Å². The maximum Gasteiger partial charge on any atom is 0.413 e. The normalized spacial score (nSPS) is 11.1. The lowest BCUT2D eigenvalue weighted by Crippen LogP contribution is -2.14. The molecule has 4 aromatic rings. The standard InChI is InChI=1S/C19H16FN5O3/c1-3-28-19(27)23-18-21-14-6-9(2)12(8-15(14)22-18)16-13-7-10(20)4-5-11(13)17(26)25-24-16/h4-8H,3H2,1-2H3,(H,25,26)(H2,21,22,23,27). The first-order valence-corrected chi connectivity index (χ1v) is 8.58. The fourth-order valence-electron chi connectivity index (χ4n) is 3.09. The van der Waals surface area contributed by atoms with E-state index in [0.29, 0.717) is 33.1 Å². The first kappa shape index (κ1) is 17.7. The summed E-state index contributed by atoms with van der Waals surface area (Å²) in [5.41, 5.74) is 2.85. The number of carbonyl (C=O) groups is 1. The Morgan fingerprint density at radius 3 is 2.86 bits per heavy atom. The van der Waals surface area contributed by atoms with E-state index in [1.54, 1.807) is 13.0 Å². The van der Waals surface area contributed by atoms with Crippen molar-refractivity contribution in [2.24, 2.45) is 0 Å². The monoisotopic (exact) mass is 381 g/mol. The molecule has 0 saturated carbocycles. The topological polar surface area (TPSA) is 113 Å². The van der Waals surface area contributed by atoms with Crippen LogP contribution in [0.15, 0.2) is 35.1 Å². The molecule has 0 atom stereocenters. The van der Waals surface area contributed by atoms with Gasteiger partial charge in [-0.3, -0.25) is 10.1 Å². The second kappa shape index (κ2) is 6.76. The smallest absolute Gasteiger partial charge is 0.413 e. The van der Waals surface area contributed by atoms with Gasteiger partial charge >= 0.3 is 6.09 Å². The van der Waals surface area contributed by atoms with Crippen molar-refractivity contribution in [3.8, 4) is 11.3 Å². The minimum Gasteiger partial charge on any atom is -0.450 e. The molecule has 2 heterocycles. The molecule has 2 aromatic heterocycles. The average Bonchev–Trinajstić information content (AvgIpc) is 3.02. The van der Waals surface area contributed by atoms with E-state index in [2.05, 4.69) is 25.5 Å². The Bertz CT molecular complexity index is 1280. The minimum absolute atomic E-state index is 0.246. The Morgan fingerprint density at radius 1 is 1.25 bits per heavy atom. The van der Waals surface area contributed by atoms with E-state index in [1.165, 1.54) is 18.2 Å². The number of benzene rings is 2. The molecule has 3 N–H and O–H groups in total. The van der Waals surface area contributed by atoms with Crippen LogP contribution in [0.4, 0.5) is 15.1 Å². The fourth-order valence-corrected chi connectivity index (χ4v) is 3.09. The number of anilines is 1.